The average molecular weight is 267 g/mol. The van der Waals surface area contributed by atoms with Gasteiger partial charge in [-0.05, 0) is 24.0 Å². The molecular formula is C13H17NO3S. The third kappa shape index (κ3) is 2.18. The normalized spacial score (nSPS) is 29.3. The zero-order valence-electron chi connectivity index (χ0n) is 10.1. The highest BCUT2D eigenvalue weighted by Crippen LogP contribution is 2.33. The first kappa shape index (κ1) is 12.1. The Morgan fingerprint density at radius 2 is 2.17 bits per heavy atom. The molecule has 0 bridgehead atoms. The second-order valence-corrected chi connectivity index (χ2v) is 7.01. The largest absolute Gasteiger partial charge is 0.381 e. The predicted molar refractivity (Wildman–Crippen MR) is 68.2 cm³/mol. The first-order valence-electron chi connectivity index (χ1n) is 6.29. The van der Waals surface area contributed by atoms with Crippen LogP contribution in [-0.2, 0) is 14.6 Å². The molecular weight excluding hydrogens is 250 g/mol. The van der Waals surface area contributed by atoms with Crippen molar-refractivity contribution in [1.29, 1.82) is 0 Å². The first-order chi connectivity index (χ1) is 8.67. The summed E-state index contributed by atoms with van der Waals surface area (Å²) < 4.78 is 29.3. The summed E-state index contributed by atoms with van der Waals surface area (Å²) in [4.78, 5) is 0.491. The van der Waals surface area contributed by atoms with Crippen LogP contribution in [0.4, 0.5) is 0 Å². The standard InChI is InChI=1S/C13H17NO3S/c15-18(16)9-12(11-3-1-2-4-13(11)18)14-7-10-5-6-17-8-10/h1-4,10,12,14H,5-9H2. The minimum atomic E-state index is -3.09. The molecule has 18 heavy (non-hydrogen) atoms. The molecule has 0 aliphatic carbocycles. The zero-order valence-corrected chi connectivity index (χ0v) is 10.9. The van der Waals surface area contributed by atoms with Gasteiger partial charge in [0.25, 0.3) is 0 Å². The maximum Gasteiger partial charge on any atom is 0.180 e. The highest BCUT2D eigenvalue weighted by Gasteiger charge is 2.34. The summed E-state index contributed by atoms with van der Waals surface area (Å²) in [5, 5.41) is 3.38. The van der Waals surface area contributed by atoms with E-state index in [1.807, 2.05) is 12.1 Å². The zero-order chi connectivity index (χ0) is 12.6. The number of benzene rings is 1. The Morgan fingerprint density at radius 1 is 1.33 bits per heavy atom. The van der Waals surface area contributed by atoms with Crippen molar-refractivity contribution >= 4 is 9.84 Å². The van der Waals surface area contributed by atoms with Gasteiger partial charge in [-0.15, -0.1) is 0 Å². The Kier molecular flexibility index (Phi) is 3.13. The molecule has 4 nitrogen and oxygen atoms in total. The summed E-state index contributed by atoms with van der Waals surface area (Å²) in [7, 11) is -3.09. The van der Waals surface area contributed by atoms with Crippen molar-refractivity contribution in [2.45, 2.75) is 17.4 Å². The summed E-state index contributed by atoms with van der Waals surface area (Å²) in [5.41, 5.74) is 0.913. The fourth-order valence-corrected chi connectivity index (χ4v) is 4.44. The van der Waals surface area contributed by atoms with Crippen molar-refractivity contribution < 1.29 is 13.2 Å². The molecule has 0 aromatic heterocycles. The van der Waals surface area contributed by atoms with Crippen LogP contribution in [0.25, 0.3) is 0 Å². The van der Waals surface area contributed by atoms with Gasteiger partial charge in [0.1, 0.15) is 0 Å². The van der Waals surface area contributed by atoms with E-state index in [1.165, 1.54) is 0 Å². The van der Waals surface area contributed by atoms with Gasteiger partial charge >= 0.3 is 0 Å². The monoisotopic (exact) mass is 267 g/mol. The Bertz CT molecular complexity index is 535. The summed E-state index contributed by atoms with van der Waals surface area (Å²) in [6.07, 6.45) is 1.06. The molecule has 2 atom stereocenters. The van der Waals surface area contributed by atoms with Crippen LogP contribution >= 0.6 is 0 Å². The van der Waals surface area contributed by atoms with E-state index in [0.717, 1.165) is 31.7 Å². The molecule has 98 valence electrons. The summed E-state index contributed by atoms with van der Waals surface area (Å²) >= 11 is 0. The molecule has 2 heterocycles. The lowest BCUT2D eigenvalue weighted by Gasteiger charge is -2.15. The molecule has 1 aromatic rings. The summed E-state index contributed by atoms with van der Waals surface area (Å²) in [5.74, 6) is 0.695. The molecule has 2 aliphatic heterocycles. The number of nitrogens with one attached hydrogen (secondary N) is 1. The SMILES string of the molecule is O=S1(=O)CC(NCC2CCOC2)c2ccccc21. The van der Waals surface area contributed by atoms with Crippen LogP contribution in [0.5, 0.6) is 0 Å². The predicted octanol–water partition coefficient (Wildman–Crippen LogP) is 1.14. The van der Waals surface area contributed by atoms with Gasteiger partial charge in [-0.1, -0.05) is 18.2 Å². The number of ether oxygens (including phenoxy) is 1. The van der Waals surface area contributed by atoms with Gasteiger partial charge in [-0.25, -0.2) is 8.42 Å². The van der Waals surface area contributed by atoms with Gasteiger partial charge in [-0.2, -0.15) is 0 Å². The molecule has 1 saturated heterocycles. The Hall–Kier alpha value is -0.910. The van der Waals surface area contributed by atoms with Crippen molar-refractivity contribution in [2.24, 2.45) is 5.92 Å². The molecule has 1 aromatic carbocycles. The third-order valence-corrected chi connectivity index (χ3v) is 5.51. The van der Waals surface area contributed by atoms with Crippen molar-refractivity contribution in [3.05, 3.63) is 29.8 Å². The topological polar surface area (TPSA) is 55.4 Å². The molecule has 1 fully saturated rings. The Morgan fingerprint density at radius 3 is 2.94 bits per heavy atom. The van der Waals surface area contributed by atoms with E-state index in [0.29, 0.717) is 10.8 Å². The summed E-state index contributed by atoms with van der Waals surface area (Å²) in [6.45, 7) is 2.44. The number of hydrogen-bond donors (Lipinski definition) is 1. The van der Waals surface area contributed by atoms with Crippen LogP contribution in [0.2, 0.25) is 0 Å². The highest BCUT2D eigenvalue weighted by molar-refractivity contribution is 7.91. The smallest absolute Gasteiger partial charge is 0.180 e. The molecule has 0 saturated carbocycles. The Balaban J connectivity index is 1.75. The van der Waals surface area contributed by atoms with E-state index in [4.69, 9.17) is 4.74 Å². The molecule has 3 rings (SSSR count). The molecule has 5 heteroatoms. The molecule has 0 spiro atoms. The van der Waals surface area contributed by atoms with Crippen molar-refractivity contribution in [3.8, 4) is 0 Å². The minimum Gasteiger partial charge on any atom is -0.381 e. The second kappa shape index (κ2) is 4.64. The van der Waals surface area contributed by atoms with Crippen LogP contribution in [-0.4, -0.2) is 33.9 Å². The average Bonchev–Trinajstić information content (AvgIpc) is 2.95. The number of rotatable bonds is 3. The van der Waals surface area contributed by atoms with Gasteiger partial charge in [0.05, 0.1) is 17.3 Å². The lowest BCUT2D eigenvalue weighted by molar-refractivity contribution is 0.184. The maximum atomic E-state index is 12.0. The van der Waals surface area contributed by atoms with E-state index < -0.39 is 9.84 Å². The van der Waals surface area contributed by atoms with Crippen molar-refractivity contribution in [1.82, 2.24) is 5.32 Å². The Labute approximate surface area is 107 Å². The van der Waals surface area contributed by atoms with Gasteiger partial charge in [0.15, 0.2) is 9.84 Å². The number of sulfone groups is 1. The maximum absolute atomic E-state index is 12.0. The molecule has 0 radical (unpaired) electrons. The fraction of sp³-hybridized carbons (Fsp3) is 0.538. The van der Waals surface area contributed by atoms with Crippen molar-refractivity contribution in [3.63, 3.8) is 0 Å². The lowest BCUT2D eigenvalue weighted by Crippen LogP contribution is -2.28. The van der Waals surface area contributed by atoms with Gasteiger partial charge in [0.2, 0.25) is 0 Å². The lowest BCUT2D eigenvalue weighted by atomic mass is 10.1. The van der Waals surface area contributed by atoms with Crippen molar-refractivity contribution in [2.75, 3.05) is 25.5 Å². The first-order valence-corrected chi connectivity index (χ1v) is 7.95. The van der Waals surface area contributed by atoms with Crippen LogP contribution in [0.15, 0.2) is 29.2 Å². The van der Waals surface area contributed by atoms with E-state index in [2.05, 4.69) is 5.32 Å². The van der Waals surface area contributed by atoms with E-state index in [9.17, 15) is 8.42 Å². The summed E-state index contributed by atoms with van der Waals surface area (Å²) in [6, 6.07) is 7.22. The van der Waals surface area contributed by atoms with Gasteiger partial charge in [0, 0.05) is 19.2 Å². The molecule has 2 aliphatic rings. The molecule has 1 N–H and O–H groups in total. The number of fused-ring (bicyclic) bond motifs is 1. The molecule has 2 unspecified atom stereocenters. The van der Waals surface area contributed by atoms with Crippen LogP contribution in [0, 0.1) is 5.92 Å². The fourth-order valence-electron chi connectivity index (χ4n) is 2.67. The van der Waals surface area contributed by atoms with Gasteiger partial charge in [-0.3, -0.25) is 0 Å². The van der Waals surface area contributed by atoms with Crippen LogP contribution < -0.4 is 5.32 Å². The number of hydrogen-bond acceptors (Lipinski definition) is 4. The highest BCUT2D eigenvalue weighted by atomic mass is 32.2. The van der Waals surface area contributed by atoms with E-state index in [1.54, 1.807) is 12.1 Å². The van der Waals surface area contributed by atoms with E-state index >= 15 is 0 Å². The van der Waals surface area contributed by atoms with Crippen LogP contribution in [0.1, 0.15) is 18.0 Å². The van der Waals surface area contributed by atoms with Gasteiger partial charge < -0.3 is 10.1 Å². The van der Waals surface area contributed by atoms with E-state index in [-0.39, 0.29) is 11.8 Å². The second-order valence-electron chi connectivity index (χ2n) is 5.01. The van der Waals surface area contributed by atoms with Crippen LogP contribution in [0.3, 0.4) is 0 Å². The third-order valence-electron chi connectivity index (χ3n) is 3.69. The molecule has 0 amide bonds. The quantitative estimate of drug-likeness (QED) is 0.892. The minimum absolute atomic E-state index is 0.0631.